The molecule has 0 saturated carbocycles. The number of aromatic amines is 1. The summed E-state index contributed by atoms with van der Waals surface area (Å²) in [5.74, 6) is -0.101. The molecule has 0 radical (unpaired) electrons. The van der Waals surface area contributed by atoms with E-state index < -0.39 is 6.04 Å². The standard InChI is InChI=1S/C15H27N5O2/c1-6-8-11-9-12(18-17-11)10-20(5)15(22)16-13(7-2)14(21)19(3)4/h9,13H,6-8,10H2,1-5H3,(H,16,22)(H,17,18)/t13-/m0/s1. The predicted octanol–water partition coefficient (Wildman–Crippen LogP) is 1.37. The average molecular weight is 309 g/mol. The molecule has 124 valence electrons. The zero-order chi connectivity index (χ0) is 16.7. The van der Waals surface area contributed by atoms with Crippen LogP contribution in [0.4, 0.5) is 4.79 Å². The van der Waals surface area contributed by atoms with E-state index in [4.69, 9.17) is 0 Å². The molecule has 0 spiro atoms. The van der Waals surface area contributed by atoms with Gasteiger partial charge in [0.25, 0.3) is 0 Å². The van der Waals surface area contributed by atoms with Gasteiger partial charge in [-0.2, -0.15) is 5.10 Å². The second-order valence-electron chi connectivity index (χ2n) is 5.63. The Bertz CT molecular complexity index is 498. The Morgan fingerprint density at radius 2 is 2.00 bits per heavy atom. The summed E-state index contributed by atoms with van der Waals surface area (Å²) in [6, 6.07) is 1.20. The number of rotatable bonds is 7. The van der Waals surface area contributed by atoms with Gasteiger partial charge in [0, 0.05) is 21.1 Å². The molecule has 0 aromatic carbocycles. The smallest absolute Gasteiger partial charge is 0.318 e. The van der Waals surface area contributed by atoms with E-state index in [9.17, 15) is 9.59 Å². The highest BCUT2D eigenvalue weighted by Gasteiger charge is 2.22. The van der Waals surface area contributed by atoms with Crippen LogP contribution in [0.1, 0.15) is 38.1 Å². The third kappa shape index (κ3) is 5.05. The minimum atomic E-state index is -0.498. The fraction of sp³-hybridized carbons (Fsp3) is 0.667. The van der Waals surface area contributed by atoms with Crippen LogP contribution >= 0.6 is 0 Å². The summed E-state index contributed by atoms with van der Waals surface area (Å²) in [5.41, 5.74) is 1.88. The fourth-order valence-corrected chi connectivity index (χ4v) is 2.11. The second-order valence-corrected chi connectivity index (χ2v) is 5.63. The van der Waals surface area contributed by atoms with Gasteiger partial charge in [0.1, 0.15) is 6.04 Å². The molecule has 0 fully saturated rings. The highest BCUT2D eigenvalue weighted by Crippen LogP contribution is 2.06. The van der Waals surface area contributed by atoms with Crippen molar-refractivity contribution >= 4 is 11.9 Å². The maximum atomic E-state index is 12.2. The number of urea groups is 1. The topological polar surface area (TPSA) is 81.3 Å². The fourth-order valence-electron chi connectivity index (χ4n) is 2.11. The summed E-state index contributed by atoms with van der Waals surface area (Å²) < 4.78 is 0. The first-order valence-electron chi connectivity index (χ1n) is 7.64. The molecule has 1 aromatic heterocycles. The van der Waals surface area contributed by atoms with Crippen molar-refractivity contribution in [1.29, 1.82) is 0 Å². The molecule has 1 aromatic rings. The Hall–Kier alpha value is -2.05. The quantitative estimate of drug-likeness (QED) is 0.798. The highest BCUT2D eigenvalue weighted by molar-refractivity contribution is 5.86. The summed E-state index contributed by atoms with van der Waals surface area (Å²) in [7, 11) is 5.06. The second kappa shape index (κ2) is 8.41. The zero-order valence-electron chi connectivity index (χ0n) is 14.1. The number of hydrogen-bond donors (Lipinski definition) is 2. The number of amides is 3. The third-order valence-electron chi connectivity index (χ3n) is 3.39. The SMILES string of the molecule is CCCc1cc(CN(C)C(=O)N[C@@H](CC)C(=O)N(C)C)[nH]n1. The van der Waals surface area contributed by atoms with Crippen LogP contribution in [0.2, 0.25) is 0 Å². The van der Waals surface area contributed by atoms with E-state index in [1.54, 1.807) is 21.1 Å². The summed E-state index contributed by atoms with van der Waals surface area (Å²) in [6.45, 7) is 4.40. The van der Waals surface area contributed by atoms with Gasteiger partial charge in [-0.3, -0.25) is 9.89 Å². The molecule has 7 heteroatoms. The monoisotopic (exact) mass is 309 g/mol. The molecular formula is C15H27N5O2. The number of hydrogen-bond acceptors (Lipinski definition) is 3. The first kappa shape index (κ1) is 18.0. The first-order chi connectivity index (χ1) is 10.4. The Morgan fingerprint density at radius 3 is 2.55 bits per heavy atom. The van der Waals surface area contributed by atoms with Gasteiger partial charge >= 0.3 is 6.03 Å². The van der Waals surface area contributed by atoms with Gasteiger partial charge in [-0.05, 0) is 18.9 Å². The molecule has 2 N–H and O–H groups in total. The number of aryl methyl sites for hydroxylation is 1. The van der Waals surface area contributed by atoms with Gasteiger partial charge in [-0.25, -0.2) is 4.79 Å². The van der Waals surface area contributed by atoms with Gasteiger partial charge < -0.3 is 15.1 Å². The zero-order valence-corrected chi connectivity index (χ0v) is 14.1. The number of H-pyrrole nitrogens is 1. The van der Waals surface area contributed by atoms with Gasteiger partial charge in [0.15, 0.2) is 0 Å². The van der Waals surface area contributed by atoms with Crippen molar-refractivity contribution in [1.82, 2.24) is 25.3 Å². The number of likely N-dealkylation sites (N-methyl/N-ethyl adjacent to an activating group) is 1. The summed E-state index contributed by atoms with van der Waals surface area (Å²) >= 11 is 0. The molecule has 1 rings (SSSR count). The van der Waals surface area contributed by atoms with Crippen LogP contribution in [-0.2, 0) is 17.8 Å². The molecule has 0 saturated heterocycles. The maximum Gasteiger partial charge on any atom is 0.318 e. The Labute approximate surface area is 132 Å². The minimum Gasteiger partial charge on any atom is -0.347 e. The third-order valence-corrected chi connectivity index (χ3v) is 3.39. The van der Waals surface area contributed by atoms with E-state index in [0.717, 1.165) is 24.2 Å². The Kier molecular flexibility index (Phi) is 6.88. The van der Waals surface area contributed by atoms with E-state index in [2.05, 4.69) is 22.4 Å². The molecule has 0 aliphatic rings. The Morgan fingerprint density at radius 1 is 1.32 bits per heavy atom. The van der Waals surface area contributed by atoms with Crippen molar-refractivity contribution < 1.29 is 9.59 Å². The summed E-state index contributed by atoms with van der Waals surface area (Å²) in [4.78, 5) is 27.2. The minimum absolute atomic E-state index is 0.101. The lowest BCUT2D eigenvalue weighted by molar-refractivity contribution is -0.130. The molecule has 1 heterocycles. The van der Waals surface area contributed by atoms with Crippen molar-refractivity contribution in [2.45, 2.75) is 45.7 Å². The molecule has 0 aliphatic carbocycles. The van der Waals surface area contributed by atoms with Gasteiger partial charge in [0.2, 0.25) is 5.91 Å². The van der Waals surface area contributed by atoms with Crippen molar-refractivity contribution in [3.8, 4) is 0 Å². The van der Waals surface area contributed by atoms with Crippen LogP contribution in [0.15, 0.2) is 6.07 Å². The van der Waals surface area contributed by atoms with Crippen LogP contribution in [0.3, 0.4) is 0 Å². The van der Waals surface area contributed by atoms with Gasteiger partial charge in [0.05, 0.1) is 17.9 Å². The van der Waals surface area contributed by atoms with E-state index in [-0.39, 0.29) is 11.9 Å². The average Bonchev–Trinajstić information content (AvgIpc) is 2.91. The largest absolute Gasteiger partial charge is 0.347 e. The lowest BCUT2D eigenvalue weighted by atomic mass is 10.2. The van der Waals surface area contributed by atoms with E-state index in [0.29, 0.717) is 13.0 Å². The van der Waals surface area contributed by atoms with Crippen molar-refractivity contribution in [2.75, 3.05) is 21.1 Å². The first-order valence-corrected chi connectivity index (χ1v) is 7.64. The summed E-state index contributed by atoms with van der Waals surface area (Å²) in [6.07, 6.45) is 2.51. The number of aromatic nitrogens is 2. The van der Waals surface area contributed by atoms with Crippen molar-refractivity contribution in [3.05, 3.63) is 17.5 Å². The van der Waals surface area contributed by atoms with E-state index in [1.807, 2.05) is 13.0 Å². The van der Waals surface area contributed by atoms with Crippen LogP contribution in [0, 0.1) is 0 Å². The number of nitrogens with zero attached hydrogens (tertiary/aromatic N) is 3. The maximum absolute atomic E-state index is 12.2. The van der Waals surface area contributed by atoms with Gasteiger partial charge in [-0.1, -0.05) is 20.3 Å². The molecule has 3 amide bonds. The normalized spacial score (nSPS) is 11.9. The number of carbonyl (C=O) groups is 2. The molecule has 1 atom stereocenters. The summed E-state index contributed by atoms with van der Waals surface area (Å²) in [5, 5.41) is 9.90. The van der Waals surface area contributed by atoms with Crippen LogP contribution in [0.5, 0.6) is 0 Å². The predicted molar refractivity (Wildman–Crippen MR) is 85.4 cm³/mol. The Balaban J connectivity index is 2.58. The molecule has 22 heavy (non-hydrogen) atoms. The van der Waals surface area contributed by atoms with E-state index in [1.165, 1.54) is 9.80 Å². The van der Waals surface area contributed by atoms with Gasteiger partial charge in [-0.15, -0.1) is 0 Å². The van der Waals surface area contributed by atoms with Crippen LogP contribution in [-0.4, -0.2) is 59.1 Å². The molecule has 7 nitrogen and oxygen atoms in total. The lowest BCUT2D eigenvalue weighted by Gasteiger charge is -2.24. The molecule has 0 bridgehead atoms. The number of nitrogens with one attached hydrogen (secondary N) is 2. The number of carbonyl (C=O) groups excluding carboxylic acids is 2. The van der Waals surface area contributed by atoms with Crippen molar-refractivity contribution in [3.63, 3.8) is 0 Å². The van der Waals surface area contributed by atoms with E-state index >= 15 is 0 Å². The van der Waals surface area contributed by atoms with Crippen LogP contribution in [0.25, 0.3) is 0 Å². The van der Waals surface area contributed by atoms with Crippen LogP contribution < -0.4 is 5.32 Å². The molecule has 0 aliphatic heterocycles. The highest BCUT2D eigenvalue weighted by atomic mass is 16.2. The van der Waals surface area contributed by atoms with Crippen molar-refractivity contribution in [2.24, 2.45) is 0 Å². The molecule has 0 unspecified atom stereocenters. The molecular weight excluding hydrogens is 282 g/mol. The lowest BCUT2D eigenvalue weighted by Crippen LogP contribution is -2.49.